The molecule has 130 valence electrons. The van der Waals surface area contributed by atoms with E-state index in [9.17, 15) is 9.59 Å². The maximum Gasteiger partial charge on any atom is 0.251 e. The van der Waals surface area contributed by atoms with Gasteiger partial charge in [0.05, 0.1) is 6.54 Å². The zero-order valence-electron chi connectivity index (χ0n) is 14.0. The van der Waals surface area contributed by atoms with E-state index < -0.39 is 0 Å². The van der Waals surface area contributed by atoms with Crippen LogP contribution in [0.25, 0.3) is 0 Å². The molecule has 0 bridgehead atoms. The van der Waals surface area contributed by atoms with E-state index in [1.807, 2.05) is 37.3 Å². The molecule has 2 aromatic carbocycles. The summed E-state index contributed by atoms with van der Waals surface area (Å²) < 4.78 is 11.0. The Bertz CT molecular complexity index is 789. The first kappa shape index (κ1) is 16.8. The summed E-state index contributed by atoms with van der Waals surface area (Å²) in [6.45, 7) is 3.21. The standard InChI is InChI=1S/C19H20N2O4/c1-13-4-2-3-5-15(13)19(23)21-12-18(22)20-11-14-6-7-16-17(10-14)25-9-8-24-16/h2-7,10H,8-9,11-12H2,1H3,(H,20,22)(H,21,23). The Morgan fingerprint density at radius 1 is 1.00 bits per heavy atom. The van der Waals surface area contributed by atoms with Gasteiger partial charge in [-0.3, -0.25) is 9.59 Å². The number of amides is 2. The van der Waals surface area contributed by atoms with Gasteiger partial charge in [0.2, 0.25) is 5.91 Å². The molecule has 0 saturated heterocycles. The predicted octanol–water partition coefficient (Wildman–Crippen LogP) is 1.81. The minimum Gasteiger partial charge on any atom is -0.486 e. The number of ether oxygens (including phenoxy) is 2. The van der Waals surface area contributed by atoms with Crippen LogP contribution in [0.4, 0.5) is 0 Å². The lowest BCUT2D eigenvalue weighted by atomic mass is 10.1. The summed E-state index contributed by atoms with van der Waals surface area (Å²) in [5.41, 5.74) is 2.35. The smallest absolute Gasteiger partial charge is 0.251 e. The van der Waals surface area contributed by atoms with Gasteiger partial charge in [-0.25, -0.2) is 0 Å². The Labute approximate surface area is 146 Å². The first-order valence-electron chi connectivity index (χ1n) is 8.12. The number of aryl methyl sites for hydroxylation is 1. The van der Waals surface area contributed by atoms with Gasteiger partial charge in [-0.2, -0.15) is 0 Å². The summed E-state index contributed by atoms with van der Waals surface area (Å²) in [5, 5.41) is 5.41. The summed E-state index contributed by atoms with van der Waals surface area (Å²) in [6, 6.07) is 12.8. The van der Waals surface area contributed by atoms with Gasteiger partial charge >= 0.3 is 0 Å². The number of benzene rings is 2. The molecule has 0 fully saturated rings. The number of hydrogen-bond acceptors (Lipinski definition) is 4. The van der Waals surface area contributed by atoms with Gasteiger partial charge in [0.1, 0.15) is 13.2 Å². The third-order valence-corrected chi connectivity index (χ3v) is 3.90. The van der Waals surface area contributed by atoms with Crippen molar-refractivity contribution < 1.29 is 19.1 Å². The van der Waals surface area contributed by atoms with E-state index in [0.717, 1.165) is 11.1 Å². The van der Waals surface area contributed by atoms with Crippen LogP contribution in [-0.2, 0) is 11.3 Å². The SMILES string of the molecule is Cc1ccccc1C(=O)NCC(=O)NCc1ccc2c(c1)OCCO2. The van der Waals surface area contributed by atoms with Crippen LogP contribution >= 0.6 is 0 Å². The zero-order valence-corrected chi connectivity index (χ0v) is 14.0. The zero-order chi connectivity index (χ0) is 17.6. The van der Waals surface area contributed by atoms with E-state index in [-0.39, 0.29) is 18.4 Å². The first-order chi connectivity index (χ1) is 12.1. The molecule has 1 aliphatic heterocycles. The Kier molecular flexibility index (Phi) is 5.18. The average molecular weight is 340 g/mol. The van der Waals surface area contributed by atoms with Gasteiger partial charge in [0.25, 0.3) is 5.91 Å². The molecule has 1 heterocycles. The highest BCUT2D eigenvalue weighted by molar-refractivity contribution is 5.97. The van der Waals surface area contributed by atoms with Crippen LogP contribution in [0, 0.1) is 6.92 Å². The third kappa shape index (κ3) is 4.29. The first-order valence-corrected chi connectivity index (χ1v) is 8.12. The molecule has 2 N–H and O–H groups in total. The Morgan fingerprint density at radius 3 is 2.56 bits per heavy atom. The Morgan fingerprint density at radius 2 is 1.76 bits per heavy atom. The highest BCUT2D eigenvalue weighted by Crippen LogP contribution is 2.30. The normalized spacial score (nSPS) is 12.4. The summed E-state index contributed by atoms with van der Waals surface area (Å²) in [4.78, 5) is 24.0. The number of carbonyl (C=O) groups is 2. The largest absolute Gasteiger partial charge is 0.486 e. The van der Waals surface area contributed by atoms with Crippen LogP contribution in [-0.4, -0.2) is 31.6 Å². The topological polar surface area (TPSA) is 76.7 Å². The molecule has 1 aliphatic rings. The quantitative estimate of drug-likeness (QED) is 0.870. The van der Waals surface area contributed by atoms with Crippen LogP contribution < -0.4 is 20.1 Å². The molecule has 0 radical (unpaired) electrons. The van der Waals surface area contributed by atoms with E-state index in [0.29, 0.717) is 36.8 Å². The Hall–Kier alpha value is -3.02. The van der Waals surface area contributed by atoms with Crippen LogP contribution in [0.2, 0.25) is 0 Å². The number of nitrogens with one attached hydrogen (secondary N) is 2. The second-order valence-corrected chi connectivity index (χ2v) is 5.75. The molecular weight excluding hydrogens is 320 g/mol. The molecule has 0 aliphatic carbocycles. The maximum absolute atomic E-state index is 12.1. The van der Waals surface area contributed by atoms with E-state index in [4.69, 9.17) is 9.47 Å². The summed E-state index contributed by atoms with van der Waals surface area (Å²) in [6.07, 6.45) is 0. The lowest BCUT2D eigenvalue weighted by Crippen LogP contribution is -2.36. The molecule has 6 nitrogen and oxygen atoms in total. The van der Waals surface area contributed by atoms with Gasteiger partial charge in [0, 0.05) is 12.1 Å². The highest BCUT2D eigenvalue weighted by Gasteiger charge is 2.13. The lowest BCUT2D eigenvalue weighted by Gasteiger charge is -2.19. The number of rotatable bonds is 5. The minimum atomic E-state index is -0.257. The second-order valence-electron chi connectivity index (χ2n) is 5.75. The monoisotopic (exact) mass is 340 g/mol. The van der Waals surface area contributed by atoms with E-state index in [1.54, 1.807) is 12.1 Å². The fourth-order valence-electron chi connectivity index (χ4n) is 2.54. The van der Waals surface area contributed by atoms with Crippen LogP contribution in [0.15, 0.2) is 42.5 Å². The second kappa shape index (κ2) is 7.70. The van der Waals surface area contributed by atoms with Crippen molar-refractivity contribution in [1.82, 2.24) is 10.6 Å². The molecule has 2 amide bonds. The van der Waals surface area contributed by atoms with E-state index in [2.05, 4.69) is 10.6 Å². The molecule has 0 saturated carbocycles. The van der Waals surface area contributed by atoms with Gasteiger partial charge in [0.15, 0.2) is 11.5 Å². The van der Waals surface area contributed by atoms with E-state index in [1.165, 1.54) is 0 Å². The van der Waals surface area contributed by atoms with Gasteiger partial charge in [-0.15, -0.1) is 0 Å². The van der Waals surface area contributed by atoms with Crippen molar-refractivity contribution in [3.63, 3.8) is 0 Å². The maximum atomic E-state index is 12.1. The molecule has 6 heteroatoms. The number of carbonyl (C=O) groups excluding carboxylic acids is 2. The fraction of sp³-hybridized carbons (Fsp3) is 0.263. The van der Waals surface area contributed by atoms with Gasteiger partial charge in [-0.05, 0) is 36.2 Å². The van der Waals surface area contributed by atoms with Crippen molar-refractivity contribution in [1.29, 1.82) is 0 Å². The van der Waals surface area contributed by atoms with Crippen molar-refractivity contribution >= 4 is 11.8 Å². The van der Waals surface area contributed by atoms with Crippen molar-refractivity contribution in [3.05, 3.63) is 59.2 Å². The van der Waals surface area contributed by atoms with Crippen molar-refractivity contribution in [2.75, 3.05) is 19.8 Å². The lowest BCUT2D eigenvalue weighted by molar-refractivity contribution is -0.120. The summed E-state index contributed by atoms with van der Waals surface area (Å²) >= 11 is 0. The Balaban J connectivity index is 1.48. The molecule has 3 rings (SSSR count). The van der Waals surface area contributed by atoms with Gasteiger partial charge < -0.3 is 20.1 Å². The van der Waals surface area contributed by atoms with Gasteiger partial charge in [-0.1, -0.05) is 24.3 Å². The minimum absolute atomic E-state index is 0.0717. The van der Waals surface area contributed by atoms with Crippen molar-refractivity contribution in [2.24, 2.45) is 0 Å². The fourth-order valence-corrected chi connectivity index (χ4v) is 2.54. The molecule has 2 aromatic rings. The molecule has 25 heavy (non-hydrogen) atoms. The summed E-state index contributed by atoms with van der Waals surface area (Å²) in [5.74, 6) is 0.891. The molecular formula is C19H20N2O4. The van der Waals surface area contributed by atoms with Crippen LogP contribution in [0.1, 0.15) is 21.5 Å². The average Bonchev–Trinajstić information content (AvgIpc) is 2.64. The molecule has 0 atom stereocenters. The predicted molar refractivity (Wildman–Crippen MR) is 92.8 cm³/mol. The van der Waals surface area contributed by atoms with Crippen LogP contribution in [0.3, 0.4) is 0 Å². The van der Waals surface area contributed by atoms with Crippen LogP contribution in [0.5, 0.6) is 11.5 Å². The molecule has 0 unspecified atom stereocenters. The number of hydrogen-bond donors (Lipinski definition) is 2. The van der Waals surface area contributed by atoms with E-state index >= 15 is 0 Å². The van der Waals surface area contributed by atoms with Crippen molar-refractivity contribution in [3.8, 4) is 11.5 Å². The molecule has 0 spiro atoms. The summed E-state index contributed by atoms with van der Waals surface area (Å²) in [7, 11) is 0. The molecule has 0 aromatic heterocycles. The highest BCUT2D eigenvalue weighted by atomic mass is 16.6. The number of fused-ring (bicyclic) bond motifs is 1. The van der Waals surface area contributed by atoms with Crippen molar-refractivity contribution in [2.45, 2.75) is 13.5 Å². The third-order valence-electron chi connectivity index (χ3n) is 3.90.